The molecule has 2 aliphatic carbocycles. The van der Waals surface area contributed by atoms with Crippen LogP contribution in [0.1, 0.15) is 51.4 Å². The third-order valence-electron chi connectivity index (χ3n) is 5.21. The zero-order chi connectivity index (χ0) is 9.43. The van der Waals surface area contributed by atoms with Crippen LogP contribution in [-0.4, -0.2) is 13.1 Å². The van der Waals surface area contributed by atoms with Crippen LogP contribution in [0.4, 0.5) is 0 Å². The van der Waals surface area contributed by atoms with Gasteiger partial charge in [-0.15, -0.1) is 0 Å². The number of quaternary nitrogens is 1. The number of nitrogens with two attached hydrogens (primary N) is 1. The fourth-order valence-corrected chi connectivity index (χ4v) is 4.18. The standard InChI is InChI=1S/C13H23N.ClH/c1-2-4-11(5-3-1)12-6-7-13(8-12)9-14-10-13;/h11-12,14H,1-10H2;1H. The molecule has 3 fully saturated rings. The molecule has 3 rings (SSSR count). The quantitative estimate of drug-likeness (QED) is 0.590. The first-order chi connectivity index (χ1) is 6.88. The summed E-state index contributed by atoms with van der Waals surface area (Å²) in [6.07, 6.45) is 12.4. The van der Waals surface area contributed by atoms with Gasteiger partial charge in [0, 0.05) is 0 Å². The van der Waals surface area contributed by atoms with E-state index in [-0.39, 0.29) is 12.4 Å². The number of hydrogen-bond acceptors (Lipinski definition) is 0. The molecule has 0 bridgehead atoms. The highest BCUT2D eigenvalue weighted by molar-refractivity contribution is 4.93. The first-order valence-corrected chi connectivity index (χ1v) is 6.70. The van der Waals surface area contributed by atoms with Gasteiger partial charge in [0.2, 0.25) is 0 Å². The van der Waals surface area contributed by atoms with E-state index in [9.17, 15) is 0 Å². The molecule has 1 nitrogen and oxygen atoms in total. The number of halogens is 1. The highest BCUT2D eigenvalue weighted by atomic mass is 35.5. The number of rotatable bonds is 1. The predicted molar refractivity (Wildman–Crippen MR) is 58.0 cm³/mol. The summed E-state index contributed by atoms with van der Waals surface area (Å²) in [5.41, 5.74) is 0.835. The Balaban J connectivity index is 0.000000853. The molecule has 2 heteroatoms. The Morgan fingerprint density at radius 2 is 1.60 bits per heavy atom. The summed E-state index contributed by atoms with van der Waals surface area (Å²) < 4.78 is 0. The average Bonchev–Trinajstić information content (AvgIpc) is 2.63. The highest BCUT2D eigenvalue weighted by Gasteiger charge is 2.48. The lowest BCUT2D eigenvalue weighted by molar-refractivity contribution is -0.741. The van der Waals surface area contributed by atoms with E-state index >= 15 is 0 Å². The third kappa shape index (κ3) is 2.19. The second kappa shape index (κ2) is 4.63. The third-order valence-corrected chi connectivity index (χ3v) is 5.21. The summed E-state index contributed by atoms with van der Waals surface area (Å²) in [5, 5.41) is 2.50. The van der Waals surface area contributed by atoms with Gasteiger partial charge in [-0.25, -0.2) is 0 Å². The summed E-state index contributed by atoms with van der Waals surface area (Å²) >= 11 is 0. The monoisotopic (exact) mass is 229 g/mol. The molecule has 0 amide bonds. The molecule has 15 heavy (non-hydrogen) atoms. The summed E-state index contributed by atoms with van der Waals surface area (Å²) in [7, 11) is 0. The normalized spacial score (nSPS) is 34.8. The van der Waals surface area contributed by atoms with E-state index in [1.807, 2.05) is 0 Å². The Labute approximate surface area is 99.8 Å². The van der Waals surface area contributed by atoms with Crippen LogP contribution in [0.2, 0.25) is 0 Å². The van der Waals surface area contributed by atoms with Crippen molar-refractivity contribution in [1.82, 2.24) is 0 Å². The maximum Gasteiger partial charge on any atom is 0.0867 e. The minimum Gasteiger partial charge on any atom is -1.00 e. The van der Waals surface area contributed by atoms with Crippen molar-refractivity contribution in [3.63, 3.8) is 0 Å². The van der Waals surface area contributed by atoms with Gasteiger partial charge in [0.25, 0.3) is 0 Å². The average molecular weight is 230 g/mol. The van der Waals surface area contributed by atoms with Crippen LogP contribution in [-0.2, 0) is 0 Å². The molecule has 1 saturated heterocycles. The van der Waals surface area contributed by atoms with Gasteiger partial charge < -0.3 is 17.7 Å². The molecule has 1 atom stereocenters. The summed E-state index contributed by atoms with van der Waals surface area (Å²) in [6, 6.07) is 0. The van der Waals surface area contributed by atoms with Gasteiger partial charge in [-0.2, -0.15) is 0 Å². The molecule has 3 aliphatic rings. The Morgan fingerprint density at radius 1 is 0.867 bits per heavy atom. The summed E-state index contributed by atoms with van der Waals surface area (Å²) in [4.78, 5) is 0. The van der Waals surface area contributed by atoms with Crippen molar-refractivity contribution in [3.8, 4) is 0 Å². The molecular weight excluding hydrogens is 206 g/mol. The van der Waals surface area contributed by atoms with Crippen LogP contribution < -0.4 is 17.7 Å². The molecular formula is C13H24ClN. The Bertz CT molecular complexity index is 207. The second-order valence-electron chi connectivity index (χ2n) is 6.10. The van der Waals surface area contributed by atoms with Crippen molar-refractivity contribution < 1.29 is 17.7 Å². The Morgan fingerprint density at radius 3 is 2.13 bits per heavy atom. The molecule has 88 valence electrons. The minimum absolute atomic E-state index is 0. The molecule has 2 saturated carbocycles. The van der Waals surface area contributed by atoms with E-state index in [1.54, 1.807) is 32.1 Å². The zero-order valence-electron chi connectivity index (χ0n) is 9.68. The lowest BCUT2D eigenvalue weighted by Gasteiger charge is -2.36. The topological polar surface area (TPSA) is 16.6 Å². The van der Waals surface area contributed by atoms with Gasteiger partial charge in [0.15, 0.2) is 0 Å². The van der Waals surface area contributed by atoms with E-state index in [4.69, 9.17) is 0 Å². The Kier molecular flexibility index (Phi) is 3.62. The van der Waals surface area contributed by atoms with Gasteiger partial charge in [0.1, 0.15) is 0 Å². The zero-order valence-corrected chi connectivity index (χ0v) is 10.4. The second-order valence-corrected chi connectivity index (χ2v) is 6.10. The van der Waals surface area contributed by atoms with Gasteiger partial charge in [-0.1, -0.05) is 32.1 Å². The summed E-state index contributed by atoms with van der Waals surface area (Å²) in [6.45, 7) is 2.91. The van der Waals surface area contributed by atoms with E-state index < -0.39 is 0 Å². The Hall–Kier alpha value is 0.250. The molecule has 2 N–H and O–H groups in total. The van der Waals surface area contributed by atoms with Crippen molar-refractivity contribution in [2.45, 2.75) is 51.4 Å². The fraction of sp³-hybridized carbons (Fsp3) is 1.00. The van der Waals surface area contributed by atoms with Crippen LogP contribution in [0.3, 0.4) is 0 Å². The fourth-order valence-electron chi connectivity index (χ4n) is 4.18. The first kappa shape index (κ1) is 11.7. The van der Waals surface area contributed by atoms with Gasteiger partial charge in [-0.3, -0.25) is 0 Å². The molecule has 0 aromatic heterocycles. The smallest absolute Gasteiger partial charge is 0.0867 e. The van der Waals surface area contributed by atoms with Gasteiger partial charge >= 0.3 is 0 Å². The van der Waals surface area contributed by atoms with Gasteiger partial charge in [-0.05, 0) is 31.1 Å². The SMILES string of the molecule is C1CCC(C2CCC3(C[NH2+]C3)C2)CC1.[Cl-]. The maximum atomic E-state index is 2.50. The maximum absolute atomic E-state index is 2.50. The highest BCUT2D eigenvalue weighted by Crippen LogP contribution is 2.48. The van der Waals surface area contributed by atoms with E-state index in [2.05, 4.69) is 5.32 Å². The number of hydrogen-bond donors (Lipinski definition) is 1. The minimum atomic E-state index is 0. The molecule has 1 spiro atoms. The van der Waals surface area contributed by atoms with Crippen molar-refractivity contribution >= 4 is 0 Å². The van der Waals surface area contributed by atoms with E-state index in [0.717, 1.165) is 17.3 Å². The molecule has 1 aliphatic heterocycles. The largest absolute Gasteiger partial charge is 1.00 e. The predicted octanol–water partition coefficient (Wildman–Crippen LogP) is -1.07. The molecule has 0 radical (unpaired) electrons. The van der Waals surface area contributed by atoms with Crippen LogP contribution in [0, 0.1) is 17.3 Å². The molecule has 0 aromatic rings. The first-order valence-electron chi connectivity index (χ1n) is 6.70. The lowest BCUT2D eigenvalue weighted by atomic mass is 9.75. The molecule has 1 heterocycles. The summed E-state index contributed by atoms with van der Waals surface area (Å²) in [5.74, 6) is 2.26. The van der Waals surface area contributed by atoms with Crippen LogP contribution in [0.25, 0.3) is 0 Å². The molecule has 0 aromatic carbocycles. The van der Waals surface area contributed by atoms with Crippen molar-refractivity contribution in [2.75, 3.05) is 13.1 Å². The van der Waals surface area contributed by atoms with Crippen LogP contribution in [0.5, 0.6) is 0 Å². The van der Waals surface area contributed by atoms with Crippen molar-refractivity contribution in [2.24, 2.45) is 17.3 Å². The van der Waals surface area contributed by atoms with Gasteiger partial charge in [0.05, 0.1) is 18.5 Å². The van der Waals surface area contributed by atoms with Crippen LogP contribution in [0.15, 0.2) is 0 Å². The molecule has 1 unspecified atom stereocenters. The van der Waals surface area contributed by atoms with Crippen molar-refractivity contribution in [3.05, 3.63) is 0 Å². The van der Waals surface area contributed by atoms with Crippen molar-refractivity contribution in [1.29, 1.82) is 0 Å². The van der Waals surface area contributed by atoms with E-state index in [1.165, 1.54) is 32.4 Å². The van der Waals surface area contributed by atoms with Crippen LogP contribution >= 0.6 is 0 Å². The van der Waals surface area contributed by atoms with E-state index in [0.29, 0.717) is 0 Å². The lowest BCUT2D eigenvalue weighted by Crippen LogP contribution is -3.00.